The van der Waals surface area contributed by atoms with E-state index in [2.05, 4.69) is 158 Å². The standard InChI is InChI=1S/C39H29N/c1-39(2)34-15-6-7-17-37(34)40-36-23-22-31(25-33(36)32-14-9-16-35(39)38(32)40)30-13-8-12-29(24-30)28-20-18-27(19-21-28)26-10-4-3-5-11-26/h3-25H,1-2H3. The summed E-state index contributed by atoms with van der Waals surface area (Å²) in [5, 5.41) is 2.63. The van der Waals surface area contributed by atoms with Gasteiger partial charge in [-0.25, -0.2) is 0 Å². The first-order valence-electron chi connectivity index (χ1n) is 14.0. The van der Waals surface area contributed by atoms with Gasteiger partial charge in [0.25, 0.3) is 0 Å². The first-order chi connectivity index (χ1) is 19.6. The predicted octanol–water partition coefficient (Wildman–Crippen LogP) is 10.4. The number of fused-ring (bicyclic) bond motifs is 5. The van der Waals surface area contributed by atoms with Crippen LogP contribution in [0.15, 0.2) is 140 Å². The smallest absolute Gasteiger partial charge is 0.0582 e. The van der Waals surface area contributed by atoms with E-state index in [9.17, 15) is 0 Å². The highest BCUT2D eigenvalue weighted by Crippen LogP contribution is 2.47. The fourth-order valence-electron chi connectivity index (χ4n) is 6.71. The van der Waals surface area contributed by atoms with E-state index in [4.69, 9.17) is 0 Å². The van der Waals surface area contributed by atoms with Gasteiger partial charge in [-0.1, -0.05) is 129 Å². The normalized spacial score (nSPS) is 13.4. The van der Waals surface area contributed by atoms with Crippen LogP contribution >= 0.6 is 0 Å². The summed E-state index contributed by atoms with van der Waals surface area (Å²) in [5.74, 6) is 0. The van der Waals surface area contributed by atoms with Gasteiger partial charge in [0, 0.05) is 16.2 Å². The van der Waals surface area contributed by atoms with Gasteiger partial charge in [0.2, 0.25) is 0 Å². The predicted molar refractivity (Wildman–Crippen MR) is 169 cm³/mol. The Balaban J connectivity index is 1.25. The molecular formula is C39H29N. The number of rotatable bonds is 3. The SMILES string of the molecule is CC1(C)c2ccccc2-n2c3ccc(-c4cccc(-c5ccc(-c6ccccc6)cc5)c4)cc3c3cccc1c32. The number of nitrogens with zero attached hydrogens (tertiary/aromatic N) is 1. The van der Waals surface area contributed by atoms with Crippen LogP contribution in [0.25, 0.3) is 60.9 Å². The van der Waals surface area contributed by atoms with E-state index in [0.29, 0.717) is 0 Å². The number of aromatic nitrogens is 1. The molecule has 0 radical (unpaired) electrons. The summed E-state index contributed by atoms with van der Waals surface area (Å²) in [5.41, 5.74) is 14.0. The lowest BCUT2D eigenvalue weighted by molar-refractivity contribution is 0.630. The molecule has 1 heteroatoms. The summed E-state index contributed by atoms with van der Waals surface area (Å²) in [7, 11) is 0. The molecule has 1 aliphatic rings. The lowest BCUT2D eigenvalue weighted by Gasteiger charge is -2.34. The molecule has 1 aliphatic heterocycles. The van der Waals surface area contributed by atoms with E-state index in [1.807, 2.05) is 0 Å². The van der Waals surface area contributed by atoms with Gasteiger partial charge in [0.05, 0.1) is 16.7 Å². The van der Waals surface area contributed by atoms with Crippen LogP contribution in [-0.2, 0) is 5.41 Å². The Bertz CT molecular complexity index is 2060. The molecule has 40 heavy (non-hydrogen) atoms. The van der Waals surface area contributed by atoms with Crippen LogP contribution in [0.3, 0.4) is 0 Å². The average Bonchev–Trinajstić information content (AvgIpc) is 3.35. The molecular weight excluding hydrogens is 482 g/mol. The topological polar surface area (TPSA) is 4.93 Å². The van der Waals surface area contributed by atoms with Crippen molar-refractivity contribution in [2.45, 2.75) is 19.3 Å². The van der Waals surface area contributed by atoms with Crippen LogP contribution < -0.4 is 0 Å². The Morgan fingerprint density at radius 2 is 0.975 bits per heavy atom. The molecule has 0 fully saturated rings. The van der Waals surface area contributed by atoms with Gasteiger partial charge in [-0.3, -0.25) is 0 Å². The van der Waals surface area contributed by atoms with Gasteiger partial charge < -0.3 is 4.57 Å². The van der Waals surface area contributed by atoms with E-state index in [0.717, 1.165) is 0 Å². The first-order valence-corrected chi connectivity index (χ1v) is 14.0. The van der Waals surface area contributed by atoms with E-state index in [-0.39, 0.29) is 5.41 Å². The molecule has 0 saturated heterocycles. The minimum Gasteiger partial charge on any atom is -0.309 e. The molecule has 0 spiro atoms. The third kappa shape index (κ3) is 3.34. The Morgan fingerprint density at radius 3 is 1.77 bits per heavy atom. The monoisotopic (exact) mass is 511 g/mol. The molecule has 0 saturated carbocycles. The molecule has 0 bridgehead atoms. The summed E-state index contributed by atoms with van der Waals surface area (Å²) in [6, 6.07) is 51.1. The molecule has 1 aromatic heterocycles. The first kappa shape index (κ1) is 23.0. The van der Waals surface area contributed by atoms with Crippen molar-refractivity contribution in [3.63, 3.8) is 0 Å². The molecule has 0 N–H and O–H groups in total. The Labute approximate surface area is 235 Å². The van der Waals surface area contributed by atoms with Crippen molar-refractivity contribution in [1.29, 1.82) is 0 Å². The summed E-state index contributed by atoms with van der Waals surface area (Å²) in [6.07, 6.45) is 0. The van der Waals surface area contributed by atoms with Crippen LogP contribution in [0.2, 0.25) is 0 Å². The molecule has 1 nitrogen and oxygen atoms in total. The van der Waals surface area contributed by atoms with E-state index < -0.39 is 0 Å². The molecule has 8 rings (SSSR count). The Kier molecular flexibility index (Phi) is 4.93. The summed E-state index contributed by atoms with van der Waals surface area (Å²) >= 11 is 0. The molecule has 6 aromatic carbocycles. The van der Waals surface area contributed by atoms with Gasteiger partial charge in [0.15, 0.2) is 0 Å². The molecule has 0 aliphatic carbocycles. The van der Waals surface area contributed by atoms with Crippen molar-refractivity contribution in [2.75, 3.05) is 0 Å². The zero-order chi connectivity index (χ0) is 26.8. The second-order valence-electron chi connectivity index (χ2n) is 11.4. The maximum Gasteiger partial charge on any atom is 0.0582 e. The highest BCUT2D eigenvalue weighted by molar-refractivity contribution is 6.12. The Morgan fingerprint density at radius 1 is 0.425 bits per heavy atom. The molecule has 0 atom stereocenters. The number of para-hydroxylation sites is 2. The summed E-state index contributed by atoms with van der Waals surface area (Å²) < 4.78 is 2.48. The second-order valence-corrected chi connectivity index (χ2v) is 11.4. The maximum absolute atomic E-state index is 2.48. The van der Waals surface area contributed by atoms with Crippen LogP contribution in [0.5, 0.6) is 0 Å². The molecule has 7 aromatic rings. The minimum absolute atomic E-state index is 0.0479. The van der Waals surface area contributed by atoms with Crippen molar-refractivity contribution < 1.29 is 0 Å². The highest BCUT2D eigenvalue weighted by Gasteiger charge is 2.34. The molecule has 2 heterocycles. The van der Waals surface area contributed by atoms with E-state index in [1.165, 1.54) is 72.0 Å². The van der Waals surface area contributed by atoms with Crippen molar-refractivity contribution in [2.24, 2.45) is 0 Å². The van der Waals surface area contributed by atoms with Crippen molar-refractivity contribution in [3.8, 4) is 39.1 Å². The van der Waals surface area contributed by atoms with E-state index in [1.54, 1.807) is 0 Å². The summed E-state index contributed by atoms with van der Waals surface area (Å²) in [6.45, 7) is 4.70. The molecule has 0 amide bonds. The van der Waals surface area contributed by atoms with Gasteiger partial charge in [-0.05, 0) is 68.8 Å². The van der Waals surface area contributed by atoms with E-state index >= 15 is 0 Å². The third-order valence-electron chi connectivity index (χ3n) is 8.80. The van der Waals surface area contributed by atoms with Gasteiger partial charge in [-0.2, -0.15) is 0 Å². The lowest BCUT2D eigenvalue weighted by Crippen LogP contribution is -2.26. The van der Waals surface area contributed by atoms with Crippen LogP contribution in [-0.4, -0.2) is 4.57 Å². The Hall–Kier alpha value is -4.88. The zero-order valence-corrected chi connectivity index (χ0v) is 22.7. The third-order valence-corrected chi connectivity index (χ3v) is 8.80. The summed E-state index contributed by atoms with van der Waals surface area (Å²) in [4.78, 5) is 0. The van der Waals surface area contributed by atoms with Crippen molar-refractivity contribution in [1.82, 2.24) is 4.57 Å². The molecule has 190 valence electrons. The second kappa shape index (κ2) is 8.56. The molecule has 0 unspecified atom stereocenters. The minimum atomic E-state index is -0.0479. The van der Waals surface area contributed by atoms with Crippen molar-refractivity contribution in [3.05, 3.63) is 151 Å². The lowest BCUT2D eigenvalue weighted by atomic mass is 9.75. The number of hydrogen-bond donors (Lipinski definition) is 0. The number of hydrogen-bond acceptors (Lipinski definition) is 0. The average molecular weight is 512 g/mol. The fraction of sp³-hybridized carbons (Fsp3) is 0.0769. The van der Waals surface area contributed by atoms with Gasteiger partial charge in [0.1, 0.15) is 0 Å². The maximum atomic E-state index is 2.48. The highest BCUT2D eigenvalue weighted by atomic mass is 15.0. The van der Waals surface area contributed by atoms with Crippen LogP contribution in [0.1, 0.15) is 25.0 Å². The zero-order valence-electron chi connectivity index (χ0n) is 22.7. The van der Waals surface area contributed by atoms with Gasteiger partial charge >= 0.3 is 0 Å². The van der Waals surface area contributed by atoms with Gasteiger partial charge in [-0.15, -0.1) is 0 Å². The fourth-order valence-corrected chi connectivity index (χ4v) is 6.71. The van der Waals surface area contributed by atoms with Crippen LogP contribution in [0, 0.1) is 0 Å². The number of benzene rings is 6. The van der Waals surface area contributed by atoms with Crippen LogP contribution in [0.4, 0.5) is 0 Å². The quantitative estimate of drug-likeness (QED) is 0.222. The van der Waals surface area contributed by atoms with Crippen molar-refractivity contribution >= 4 is 21.8 Å². The largest absolute Gasteiger partial charge is 0.309 e.